The first-order chi connectivity index (χ1) is 8.74. The zero-order chi connectivity index (χ0) is 13.2. The maximum absolute atomic E-state index is 11.8. The van der Waals surface area contributed by atoms with Crippen LogP contribution in [0.5, 0.6) is 0 Å². The molecule has 0 atom stereocenters. The Bertz CT molecular complexity index is 263. The van der Waals surface area contributed by atoms with Crippen molar-refractivity contribution < 1.29 is 14.3 Å². The predicted molar refractivity (Wildman–Crippen MR) is 69.2 cm³/mol. The van der Waals surface area contributed by atoms with E-state index in [4.69, 9.17) is 4.74 Å². The fourth-order valence-electron chi connectivity index (χ4n) is 1.91. The Balaban J connectivity index is 2.05. The van der Waals surface area contributed by atoms with Crippen LogP contribution in [0.1, 0.15) is 39.0 Å². The Morgan fingerprint density at radius 2 is 1.89 bits per heavy atom. The second kappa shape index (κ2) is 8.91. The lowest BCUT2D eigenvalue weighted by molar-refractivity contribution is -0.142. The maximum Gasteiger partial charge on any atom is 0.319 e. The summed E-state index contributed by atoms with van der Waals surface area (Å²) in [6.45, 7) is 4.55. The van der Waals surface area contributed by atoms with Gasteiger partial charge >= 0.3 is 5.97 Å². The highest BCUT2D eigenvalue weighted by atomic mass is 16.5. The minimum atomic E-state index is -0.283. The Hall–Kier alpha value is -1.10. The third-order valence-electron chi connectivity index (χ3n) is 3.02. The highest BCUT2D eigenvalue weighted by Gasteiger charge is 2.16. The standard InChI is InChI=1S/C13H24N2O3/c1-2-3-9-18-13(17)11-14-10-12(16)15-7-5-4-6-8-15/h14H,2-11H2,1H3. The van der Waals surface area contributed by atoms with Crippen molar-refractivity contribution in [3.8, 4) is 0 Å². The summed E-state index contributed by atoms with van der Waals surface area (Å²) < 4.78 is 4.98. The van der Waals surface area contributed by atoms with Crippen molar-refractivity contribution in [1.82, 2.24) is 10.2 Å². The van der Waals surface area contributed by atoms with Gasteiger partial charge in [-0.15, -0.1) is 0 Å². The molecule has 1 fully saturated rings. The molecule has 0 aromatic heterocycles. The number of ether oxygens (including phenoxy) is 1. The van der Waals surface area contributed by atoms with Gasteiger partial charge in [-0.05, 0) is 25.7 Å². The zero-order valence-corrected chi connectivity index (χ0v) is 11.2. The molecule has 5 heteroatoms. The van der Waals surface area contributed by atoms with Crippen molar-refractivity contribution in [2.24, 2.45) is 0 Å². The van der Waals surface area contributed by atoms with Crippen molar-refractivity contribution in [1.29, 1.82) is 0 Å². The van der Waals surface area contributed by atoms with E-state index in [0.29, 0.717) is 6.61 Å². The van der Waals surface area contributed by atoms with Gasteiger partial charge < -0.3 is 9.64 Å². The average molecular weight is 256 g/mol. The maximum atomic E-state index is 11.8. The number of nitrogens with zero attached hydrogens (tertiary/aromatic N) is 1. The molecule has 0 bridgehead atoms. The number of rotatable bonds is 7. The molecule has 104 valence electrons. The van der Waals surface area contributed by atoms with E-state index in [0.717, 1.165) is 38.8 Å². The van der Waals surface area contributed by atoms with E-state index >= 15 is 0 Å². The second-order valence-electron chi connectivity index (χ2n) is 4.62. The van der Waals surface area contributed by atoms with Gasteiger partial charge in [0.05, 0.1) is 19.7 Å². The number of hydrogen-bond donors (Lipinski definition) is 1. The van der Waals surface area contributed by atoms with Crippen LogP contribution in [0, 0.1) is 0 Å². The SMILES string of the molecule is CCCCOC(=O)CNCC(=O)N1CCCCC1. The summed E-state index contributed by atoms with van der Waals surface area (Å²) in [4.78, 5) is 24.9. The largest absolute Gasteiger partial charge is 0.465 e. The lowest BCUT2D eigenvalue weighted by Gasteiger charge is -2.26. The number of esters is 1. The summed E-state index contributed by atoms with van der Waals surface area (Å²) in [5.74, 6) is -0.203. The number of carbonyl (C=O) groups is 2. The quantitative estimate of drug-likeness (QED) is 0.544. The molecule has 1 aliphatic heterocycles. The molecule has 0 aliphatic carbocycles. The number of unbranched alkanes of at least 4 members (excludes halogenated alkanes) is 1. The number of amides is 1. The Labute approximate surface area is 109 Å². The van der Waals surface area contributed by atoms with Gasteiger partial charge in [-0.1, -0.05) is 13.3 Å². The molecule has 0 spiro atoms. The Kier molecular flexibility index (Phi) is 7.41. The van der Waals surface area contributed by atoms with Crippen LogP contribution in [-0.4, -0.2) is 49.6 Å². The van der Waals surface area contributed by atoms with Crippen LogP contribution in [0.15, 0.2) is 0 Å². The average Bonchev–Trinajstić information content (AvgIpc) is 2.40. The predicted octanol–water partition coefficient (Wildman–Crippen LogP) is 0.932. The molecule has 1 saturated heterocycles. The van der Waals surface area contributed by atoms with Crippen LogP contribution in [-0.2, 0) is 14.3 Å². The van der Waals surface area contributed by atoms with Crippen LogP contribution < -0.4 is 5.32 Å². The van der Waals surface area contributed by atoms with Gasteiger partial charge in [-0.3, -0.25) is 14.9 Å². The van der Waals surface area contributed by atoms with E-state index < -0.39 is 0 Å². The molecule has 5 nitrogen and oxygen atoms in total. The van der Waals surface area contributed by atoms with E-state index in [1.54, 1.807) is 0 Å². The minimum Gasteiger partial charge on any atom is -0.465 e. The van der Waals surface area contributed by atoms with E-state index in [1.807, 2.05) is 11.8 Å². The van der Waals surface area contributed by atoms with Crippen LogP contribution in [0.3, 0.4) is 0 Å². The molecule has 0 unspecified atom stereocenters. The smallest absolute Gasteiger partial charge is 0.319 e. The van der Waals surface area contributed by atoms with Gasteiger partial charge in [0.2, 0.25) is 5.91 Å². The molecule has 1 N–H and O–H groups in total. The molecule has 0 saturated carbocycles. The lowest BCUT2D eigenvalue weighted by Crippen LogP contribution is -2.42. The van der Waals surface area contributed by atoms with E-state index in [9.17, 15) is 9.59 Å². The summed E-state index contributed by atoms with van der Waals surface area (Å²) in [6, 6.07) is 0. The number of hydrogen-bond acceptors (Lipinski definition) is 4. The molecular formula is C13H24N2O3. The topological polar surface area (TPSA) is 58.6 Å². The summed E-state index contributed by atoms with van der Waals surface area (Å²) >= 11 is 0. The van der Waals surface area contributed by atoms with Crippen molar-refractivity contribution in [3.63, 3.8) is 0 Å². The van der Waals surface area contributed by atoms with E-state index in [1.165, 1.54) is 6.42 Å². The molecular weight excluding hydrogens is 232 g/mol. The third-order valence-corrected chi connectivity index (χ3v) is 3.02. The summed E-state index contributed by atoms with van der Waals surface area (Å²) in [6.07, 6.45) is 5.28. The van der Waals surface area contributed by atoms with Crippen LogP contribution >= 0.6 is 0 Å². The molecule has 1 amide bonds. The van der Waals surface area contributed by atoms with Gasteiger partial charge in [-0.2, -0.15) is 0 Å². The van der Waals surface area contributed by atoms with Crippen molar-refractivity contribution in [3.05, 3.63) is 0 Å². The number of carbonyl (C=O) groups excluding carboxylic acids is 2. The van der Waals surface area contributed by atoms with Crippen molar-refractivity contribution >= 4 is 11.9 Å². The van der Waals surface area contributed by atoms with Gasteiger partial charge in [0, 0.05) is 13.1 Å². The number of likely N-dealkylation sites (tertiary alicyclic amines) is 1. The normalized spacial score (nSPS) is 15.5. The first kappa shape index (κ1) is 15.0. The summed E-state index contributed by atoms with van der Waals surface area (Å²) in [7, 11) is 0. The number of nitrogens with one attached hydrogen (secondary N) is 1. The van der Waals surface area contributed by atoms with Gasteiger partial charge in [0.1, 0.15) is 0 Å². The molecule has 1 heterocycles. The summed E-state index contributed by atoms with van der Waals surface area (Å²) in [5, 5.41) is 2.84. The van der Waals surface area contributed by atoms with E-state index in [2.05, 4.69) is 5.32 Å². The highest BCUT2D eigenvalue weighted by Crippen LogP contribution is 2.07. The monoisotopic (exact) mass is 256 g/mol. The van der Waals surface area contributed by atoms with Crippen LogP contribution in [0.25, 0.3) is 0 Å². The lowest BCUT2D eigenvalue weighted by atomic mass is 10.1. The van der Waals surface area contributed by atoms with Crippen LogP contribution in [0.4, 0.5) is 0 Å². The molecule has 1 rings (SSSR count). The Morgan fingerprint density at radius 1 is 1.17 bits per heavy atom. The first-order valence-corrected chi connectivity index (χ1v) is 6.88. The second-order valence-corrected chi connectivity index (χ2v) is 4.62. The molecule has 0 radical (unpaired) electrons. The third kappa shape index (κ3) is 6.00. The fraction of sp³-hybridized carbons (Fsp3) is 0.846. The molecule has 0 aromatic rings. The van der Waals surface area contributed by atoms with Gasteiger partial charge in [0.25, 0.3) is 0 Å². The zero-order valence-electron chi connectivity index (χ0n) is 11.2. The van der Waals surface area contributed by atoms with Crippen LogP contribution in [0.2, 0.25) is 0 Å². The van der Waals surface area contributed by atoms with E-state index in [-0.39, 0.29) is 25.0 Å². The first-order valence-electron chi connectivity index (χ1n) is 6.88. The van der Waals surface area contributed by atoms with Crippen molar-refractivity contribution in [2.75, 3.05) is 32.8 Å². The van der Waals surface area contributed by atoms with Crippen molar-refractivity contribution in [2.45, 2.75) is 39.0 Å². The Morgan fingerprint density at radius 3 is 2.56 bits per heavy atom. The van der Waals surface area contributed by atoms with Gasteiger partial charge in [0.15, 0.2) is 0 Å². The summed E-state index contributed by atoms with van der Waals surface area (Å²) in [5.41, 5.74) is 0. The molecule has 1 aliphatic rings. The van der Waals surface area contributed by atoms with Gasteiger partial charge in [-0.25, -0.2) is 0 Å². The highest BCUT2D eigenvalue weighted by molar-refractivity contribution is 5.79. The molecule has 18 heavy (non-hydrogen) atoms. The molecule has 0 aromatic carbocycles. The number of piperidine rings is 1. The fourth-order valence-corrected chi connectivity index (χ4v) is 1.91. The minimum absolute atomic E-state index is 0.0797.